The van der Waals surface area contributed by atoms with Gasteiger partial charge in [0.2, 0.25) is 0 Å². The molecule has 2 atom stereocenters. The molecule has 0 unspecified atom stereocenters. The third-order valence-electron chi connectivity index (χ3n) is 5.84. The van der Waals surface area contributed by atoms with Crippen LogP contribution >= 0.6 is 12.2 Å². The van der Waals surface area contributed by atoms with Gasteiger partial charge in [0, 0.05) is 29.5 Å². The smallest absolute Gasteiger partial charge is 0.174 e. The third kappa shape index (κ3) is 3.63. The minimum absolute atomic E-state index is 0.0720. The van der Waals surface area contributed by atoms with Crippen LogP contribution in [0.4, 0.5) is 5.69 Å². The molecule has 0 saturated carbocycles. The Bertz CT molecular complexity index is 1220. The molecule has 1 aliphatic heterocycles. The van der Waals surface area contributed by atoms with Crippen LogP contribution in [0.5, 0.6) is 5.75 Å². The summed E-state index contributed by atoms with van der Waals surface area (Å²) in [6.45, 7) is 2.09. The number of aryl methyl sites for hydroxylation is 1. The van der Waals surface area contributed by atoms with Gasteiger partial charge < -0.3 is 19.5 Å². The molecule has 5 nitrogen and oxygen atoms in total. The first kappa shape index (κ1) is 20.3. The van der Waals surface area contributed by atoms with Gasteiger partial charge in [-0.1, -0.05) is 23.8 Å². The van der Waals surface area contributed by atoms with E-state index >= 15 is 0 Å². The summed E-state index contributed by atoms with van der Waals surface area (Å²) in [4.78, 5) is 6.85. The van der Waals surface area contributed by atoms with Crippen molar-refractivity contribution in [3.8, 4) is 11.4 Å². The zero-order valence-corrected chi connectivity index (χ0v) is 18.8. The van der Waals surface area contributed by atoms with Crippen molar-refractivity contribution in [2.45, 2.75) is 19.0 Å². The Hall–Kier alpha value is -3.64. The van der Waals surface area contributed by atoms with Crippen molar-refractivity contribution in [2.75, 3.05) is 12.0 Å². The number of pyridine rings is 1. The predicted molar refractivity (Wildman–Crippen MR) is 131 cm³/mol. The van der Waals surface area contributed by atoms with Gasteiger partial charge in [-0.25, -0.2) is 0 Å². The number of anilines is 1. The lowest BCUT2D eigenvalue weighted by Crippen LogP contribution is -2.30. The van der Waals surface area contributed by atoms with Crippen LogP contribution in [-0.2, 0) is 0 Å². The van der Waals surface area contributed by atoms with E-state index in [0.717, 1.165) is 28.5 Å². The fourth-order valence-corrected chi connectivity index (χ4v) is 4.60. The van der Waals surface area contributed by atoms with Crippen LogP contribution in [0.15, 0.2) is 91.3 Å². The van der Waals surface area contributed by atoms with E-state index in [2.05, 4.69) is 81.4 Å². The molecule has 32 heavy (non-hydrogen) atoms. The van der Waals surface area contributed by atoms with Gasteiger partial charge in [0.05, 0.1) is 18.8 Å². The van der Waals surface area contributed by atoms with Crippen molar-refractivity contribution >= 4 is 23.0 Å². The van der Waals surface area contributed by atoms with Crippen molar-refractivity contribution < 1.29 is 4.74 Å². The number of methoxy groups -OCH3 is 1. The van der Waals surface area contributed by atoms with Crippen molar-refractivity contribution in [3.05, 3.63) is 108 Å². The number of nitrogens with one attached hydrogen (secondary N) is 1. The van der Waals surface area contributed by atoms with Crippen LogP contribution in [0.3, 0.4) is 0 Å². The average molecular weight is 441 g/mol. The first-order valence-corrected chi connectivity index (χ1v) is 11.0. The molecular formula is C26H24N4OS. The molecule has 2 aromatic heterocycles. The molecule has 0 amide bonds. The van der Waals surface area contributed by atoms with E-state index in [1.54, 1.807) is 7.11 Å². The summed E-state index contributed by atoms with van der Waals surface area (Å²) in [5.41, 5.74) is 5.41. The molecule has 2 aromatic carbocycles. The molecular weight excluding hydrogens is 416 g/mol. The number of hydrogen-bond donors (Lipinski definition) is 1. The SMILES string of the molecule is COc1ccc(-n2cccc2[C@@H]2[C@@H](c3ccccn3)NC(=S)N2c2ccc(C)cc2)cc1. The molecule has 1 aliphatic rings. The molecule has 5 rings (SSSR count). The number of aromatic nitrogens is 2. The molecule has 4 aromatic rings. The van der Waals surface area contributed by atoms with Gasteiger partial charge in [0.1, 0.15) is 11.8 Å². The average Bonchev–Trinajstić information content (AvgIpc) is 3.44. The van der Waals surface area contributed by atoms with E-state index in [9.17, 15) is 0 Å². The van der Waals surface area contributed by atoms with E-state index in [1.807, 2.05) is 36.5 Å². The molecule has 160 valence electrons. The molecule has 3 heterocycles. The molecule has 1 saturated heterocycles. The van der Waals surface area contributed by atoms with Crippen LogP contribution < -0.4 is 15.0 Å². The summed E-state index contributed by atoms with van der Waals surface area (Å²) in [7, 11) is 1.68. The summed E-state index contributed by atoms with van der Waals surface area (Å²) < 4.78 is 7.54. The highest BCUT2D eigenvalue weighted by Gasteiger charge is 2.42. The van der Waals surface area contributed by atoms with Gasteiger partial charge in [-0.15, -0.1) is 0 Å². The summed E-state index contributed by atoms with van der Waals surface area (Å²) in [5.74, 6) is 0.832. The topological polar surface area (TPSA) is 42.3 Å². The highest BCUT2D eigenvalue weighted by atomic mass is 32.1. The summed E-state index contributed by atoms with van der Waals surface area (Å²) >= 11 is 5.84. The molecule has 0 bridgehead atoms. The normalized spacial score (nSPS) is 17.9. The fourth-order valence-electron chi connectivity index (χ4n) is 4.25. The second-order valence-electron chi connectivity index (χ2n) is 7.83. The van der Waals surface area contributed by atoms with Gasteiger partial charge >= 0.3 is 0 Å². The molecule has 0 spiro atoms. The van der Waals surface area contributed by atoms with Crippen molar-refractivity contribution in [3.63, 3.8) is 0 Å². The second-order valence-corrected chi connectivity index (χ2v) is 8.22. The Labute approximate surface area is 193 Å². The lowest BCUT2D eigenvalue weighted by atomic mass is 10.0. The zero-order chi connectivity index (χ0) is 22.1. The molecule has 1 N–H and O–H groups in total. The van der Waals surface area contributed by atoms with E-state index in [0.29, 0.717) is 5.11 Å². The monoisotopic (exact) mass is 440 g/mol. The van der Waals surface area contributed by atoms with Gasteiger partial charge in [-0.2, -0.15) is 0 Å². The summed E-state index contributed by atoms with van der Waals surface area (Å²) in [5, 5.41) is 4.22. The number of hydrogen-bond acceptors (Lipinski definition) is 3. The Morgan fingerprint density at radius 1 is 0.906 bits per heavy atom. The van der Waals surface area contributed by atoms with E-state index in [1.165, 1.54) is 5.56 Å². The van der Waals surface area contributed by atoms with E-state index in [-0.39, 0.29) is 12.1 Å². The highest BCUT2D eigenvalue weighted by Crippen LogP contribution is 2.42. The third-order valence-corrected chi connectivity index (χ3v) is 6.16. The Morgan fingerprint density at radius 2 is 1.66 bits per heavy atom. The summed E-state index contributed by atoms with van der Waals surface area (Å²) in [6.07, 6.45) is 3.91. The molecule has 0 aliphatic carbocycles. The number of nitrogens with zero attached hydrogens (tertiary/aromatic N) is 3. The number of benzene rings is 2. The fraction of sp³-hybridized carbons (Fsp3) is 0.154. The molecule has 6 heteroatoms. The maximum absolute atomic E-state index is 5.84. The lowest BCUT2D eigenvalue weighted by Gasteiger charge is -2.29. The maximum atomic E-state index is 5.84. The largest absolute Gasteiger partial charge is 0.497 e. The minimum atomic E-state index is -0.0862. The van der Waals surface area contributed by atoms with Crippen LogP contribution in [0.2, 0.25) is 0 Å². The summed E-state index contributed by atoms with van der Waals surface area (Å²) in [6, 6.07) is 26.6. The van der Waals surface area contributed by atoms with E-state index in [4.69, 9.17) is 17.0 Å². The van der Waals surface area contributed by atoms with Gasteiger partial charge in [0.25, 0.3) is 0 Å². The Morgan fingerprint density at radius 3 is 2.34 bits per heavy atom. The lowest BCUT2D eigenvalue weighted by molar-refractivity contribution is 0.414. The van der Waals surface area contributed by atoms with Gasteiger partial charge in [-0.05, 0) is 79.8 Å². The van der Waals surface area contributed by atoms with Crippen molar-refractivity contribution in [2.24, 2.45) is 0 Å². The van der Waals surface area contributed by atoms with E-state index < -0.39 is 0 Å². The van der Waals surface area contributed by atoms with Crippen LogP contribution in [0, 0.1) is 6.92 Å². The zero-order valence-electron chi connectivity index (χ0n) is 18.0. The van der Waals surface area contributed by atoms with Crippen LogP contribution in [0.25, 0.3) is 5.69 Å². The van der Waals surface area contributed by atoms with Gasteiger partial charge in [-0.3, -0.25) is 4.98 Å². The molecule has 1 fully saturated rings. The quantitative estimate of drug-likeness (QED) is 0.423. The van der Waals surface area contributed by atoms with Crippen molar-refractivity contribution in [1.29, 1.82) is 0 Å². The second kappa shape index (κ2) is 8.48. The Balaban J connectivity index is 1.64. The highest BCUT2D eigenvalue weighted by molar-refractivity contribution is 7.80. The van der Waals surface area contributed by atoms with Crippen LogP contribution in [-0.4, -0.2) is 21.8 Å². The number of thiocarbonyl (C=S) groups is 1. The van der Waals surface area contributed by atoms with Gasteiger partial charge in [0.15, 0.2) is 5.11 Å². The number of ether oxygens (including phenoxy) is 1. The van der Waals surface area contributed by atoms with Crippen LogP contribution in [0.1, 0.15) is 29.0 Å². The predicted octanol–water partition coefficient (Wildman–Crippen LogP) is 5.37. The minimum Gasteiger partial charge on any atom is -0.497 e. The van der Waals surface area contributed by atoms with Crippen molar-refractivity contribution in [1.82, 2.24) is 14.9 Å². The first-order valence-electron chi connectivity index (χ1n) is 10.5. The first-order chi connectivity index (χ1) is 15.7. The number of rotatable bonds is 5. The molecule has 0 radical (unpaired) electrons. The standard InChI is InChI=1S/C26H24N4OS/c1-18-8-10-20(11-9-18)30-25(24(28-26(30)32)22-6-3-4-16-27-22)23-7-5-17-29(23)19-12-14-21(31-2)15-13-19/h3-17,24-25H,1-2H3,(H,28,32)/t24-,25-/m1/s1. The maximum Gasteiger partial charge on any atom is 0.174 e. The Kier molecular flexibility index (Phi) is 5.37.